The van der Waals surface area contributed by atoms with Gasteiger partial charge in [0.05, 0.1) is 11.1 Å². The van der Waals surface area contributed by atoms with Crippen LogP contribution in [0.5, 0.6) is 0 Å². The molecule has 2 aliphatic carbocycles. The lowest BCUT2D eigenvalue weighted by atomic mass is 9.64. The Hall–Kier alpha value is -2.28. The van der Waals surface area contributed by atoms with Gasteiger partial charge in [0.1, 0.15) is 23.5 Å². The van der Waals surface area contributed by atoms with Crippen molar-refractivity contribution in [3.8, 4) is 17.2 Å². The monoisotopic (exact) mass is 383 g/mol. The minimum absolute atomic E-state index is 0.130. The van der Waals surface area contributed by atoms with Crippen LogP contribution in [0.2, 0.25) is 0 Å². The molecule has 0 amide bonds. The molecule has 0 N–H and O–H groups in total. The molecule has 0 spiro atoms. The molecule has 2 aromatic rings. The van der Waals surface area contributed by atoms with Gasteiger partial charge in [-0.15, -0.1) is 0 Å². The molecule has 0 aromatic heterocycles. The first-order chi connectivity index (χ1) is 13.5. The van der Waals surface area contributed by atoms with Gasteiger partial charge in [-0.05, 0) is 84.7 Å². The molecule has 0 radical (unpaired) electrons. The normalized spacial score (nSPS) is 23.6. The summed E-state index contributed by atoms with van der Waals surface area (Å²) in [4.78, 5) is 0. The molecule has 28 heavy (non-hydrogen) atoms. The van der Waals surface area contributed by atoms with Crippen molar-refractivity contribution in [3.05, 3.63) is 58.4 Å². The first kappa shape index (κ1) is 19.1. The zero-order valence-corrected chi connectivity index (χ0v) is 16.1. The van der Waals surface area contributed by atoms with Gasteiger partial charge in [-0.25, -0.2) is 13.2 Å². The molecule has 2 aromatic carbocycles. The Morgan fingerprint density at radius 1 is 1.07 bits per heavy atom. The van der Waals surface area contributed by atoms with Crippen LogP contribution in [0.3, 0.4) is 0 Å². The molecule has 4 heteroatoms. The number of rotatable bonds is 3. The van der Waals surface area contributed by atoms with Gasteiger partial charge < -0.3 is 0 Å². The van der Waals surface area contributed by atoms with Gasteiger partial charge in [0.15, 0.2) is 0 Å². The molecular formula is C24H24F3N. The molecule has 0 saturated heterocycles. The lowest BCUT2D eigenvalue weighted by Gasteiger charge is -2.41. The number of benzene rings is 2. The van der Waals surface area contributed by atoms with E-state index in [-0.39, 0.29) is 22.6 Å². The van der Waals surface area contributed by atoms with Gasteiger partial charge in [-0.1, -0.05) is 25.8 Å². The van der Waals surface area contributed by atoms with E-state index in [2.05, 4.69) is 6.92 Å². The summed E-state index contributed by atoms with van der Waals surface area (Å²) in [6.07, 6.45) is 7.24. The first-order valence-corrected chi connectivity index (χ1v) is 10.2. The van der Waals surface area contributed by atoms with E-state index >= 15 is 4.39 Å². The Morgan fingerprint density at radius 2 is 1.89 bits per heavy atom. The molecule has 3 atom stereocenters. The van der Waals surface area contributed by atoms with Crippen LogP contribution in [-0.2, 0) is 6.42 Å². The van der Waals surface area contributed by atoms with E-state index in [4.69, 9.17) is 5.26 Å². The fraction of sp³-hybridized carbons (Fsp3) is 0.458. The molecule has 1 nitrogen and oxygen atoms in total. The summed E-state index contributed by atoms with van der Waals surface area (Å²) in [5.74, 6) is -0.485. The van der Waals surface area contributed by atoms with Gasteiger partial charge >= 0.3 is 0 Å². The smallest absolute Gasteiger partial charge is 0.141 e. The Balaban J connectivity index is 1.72. The topological polar surface area (TPSA) is 23.8 Å². The summed E-state index contributed by atoms with van der Waals surface area (Å²) in [6, 6.07) is 6.96. The van der Waals surface area contributed by atoms with Gasteiger partial charge in [0.2, 0.25) is 0 Å². The highest BCUT2D eigenvalue weighted by atomic mass is 19.1. The van der Waals surface area contributed by atoms with E-state index < -0.39 is 17.5 Å². The number of hydrogen-bond acceptors (Lipinski definition) is 1. The second-order valence-electron chi connectivity index (χ2n) is 8.29. The molecule has 146 valence electrons. The van der Waals surface area contributed by atoms with Crippen LogP contribution in [0, 0.1) is 40.6 Å². The van der Waals surface area contributed by atoms with Crippen LogP contribution >= 0.6 is 0 Å². The van der Waals surface area contributed by atoms with E-state index in [1.165, 1.54) is 31.0 Å². The average molecular weight is 383 g/mol. The molecule has 0 bridgehead atoms. The summed E-state index contributed by atoms with van der Waals surface area (Å²) in [6.45, 7) is 2.21. The number of nitriles is 1. The summed E-state index contributed by atoms with van der Waals surface area (Å²) < 4.78 is 44.3. The Bertz CT molecular complexity index is 944. The molecule has 0 aliphatic heterocycles. The minimum Gasteiger partial charge on any atom is -0.206 e. The highest BCUT2D eigenvalue weighted by Crippen LogP contribution is 2.49. The fourth-order valence-electron chi connectivity index (χ4n) is 5.38. The highest BCUT2D eigenvalue weighted by molar-refractivity contribution is 5.68. The van der Waals surface area contributed by atoms with Crippen LogP contribution in [0.15, 0.2) is 24.3 Å². The van der Waals surface area contributed by atoms with Crippen molar-refractivity contribution in [2.45, 2.75) is 57.8 Å². The fourth-order valence-corrected chi connectivity index (χ4v) is 5.38. The number of hydrogen-bond donors (Lipinski definition) is 0. The maximum Gasteiger partial charge on any atom is 0.141 e. The van der Waals surface area contributed by atoms with Crippen molar-refractivity contribution in [1.82, 2.24) is 0 Å². The summed E-state index contributed by atoms with van der Waals surface area (Å²) >= 11 is 0. The Morgan fingerprint density at radius 3 is 2.61 bits per heavy atom. The predicted molar refractivity (Wildman–Crippen MR) is 103 cm³/mol. The first-order valence-electron chi connectivity index (χ1n) is 10.2. The van der Waals surface area contributed by atoms with Crippen molar-refractivity contribution in [3.63, 3.8) is 0 Å². The van der Waals surface area contributed by atoms with Crippen LogP contribution in [0.25, 0.3) is 11.1 Å². The third kappa shape index (κ3) is 3.21. The second kappa shape index (κ2) is 7.62. The maximum absolute atomic E-state index is 15.3. The SMILES string of the molecule is CCCC1CCC2c3cc(F)c(-c4ccc(C#N)c(F)c4)c(F)c3CCC2C1. The van der Waals surface area contributed by atoms with E-state index in [1.54, 1.807) is 6.07 Å². The molecular weight excluding hydrogens is 359 g/mol. The Kier molecular flexibility index (Phi) is 5.19. The van der Waals surface area contributed by atoms with Crippen LogP contribution in [-0.4, -0.2) is 0 Å². The summed E-state index contributed by atoms with van der Waals surface area (Å²) in [5, 5.41) is 8.87. The molecule has 0 heterocycles. The number of halogens is 3. The predicted octanol–water partition coefficient (Wildman–Crippen LogP) is 6.89. The third-order valence-electron chi connectivity index (χ3n) is 6.68. The quantitative estimate of drug-likeness (QED) is 0.566. The van der Waals surface area contributed by atoms with E-state index in [0.717, 1.165) is 43.2 Å². The van der Waals surface area contributed by atoms with Crippen molar-refractivity contribution in [2.24, 2.45) is 11.8 Å². The molecule has 1 saturated carbocycles. The van der Waals surface area contributed by atoms with E-state index in [9.17, 15) is 8.78 Å². The van der Waals surface area contributed by atoms with Gasteiger partial charge in [-0.2, -0.15) is 5.26 Å². The zero-order chi connectivity index (χ0) is 19.8. The van der Waals surface area contributed by atoms with E-state index in [1.807, 2.05) is 0 Å². The Labute approximate surface area is 164 Å². The summed E-state index contributed by atoms with van der Waals surface area (Å²) in [7, 11) is 0. The van der Waals surface area contributed by atoms with Crippen LogP contribution < -0.4 is 0 Å². The molecule has 2 aliphatic rings. The minimum atomic E-state index is -0.758. The standard InChI is InChI=1S/C24H24F3N/c1-2-3-14-4-8-18-15(10-14)7-9-19-20(18)12-22(26)23(24(19)27)16-5-6-17(13-28)21(25)11-16/h5-6,11-12,14-15,18H,2-4,7-10H2,1H3. The summed E-state index contributed by atoms with van der Waals surface area (Å²) in [5.41, 5.74) is 1.24. The van der Waals surface area contributed by atoms with Crippen molar-refractivity contribution in [2.75, 3.05) is 0 Å². The number of fused-ring (bicyclic) bond motifs is 3. The average Bonchev–Trinajstić information content (AvgIpc) is 2.68. The third-order valence-corrected chi connectivity index (χ3v) is 6.68. The maximum atomic E-state index is 15.3. The van der Waals surface area contributed by atoms with Crippen molar-refractivity contribution < 1.29 is 13.2 Å². The largest absolute Gasteiger partial charge is 0.206 e. The lowest BCUT2D eigenvalue weighted by molar-refractivity contribution is 0.199. The molecule has 3 unspecified atom stereocenters. The van der Waals surface area contributed by atoms with Crippen LogP contribution in [0.1, 0.15) is 68.1 Å². The van der Waals surface area contributed by atoms with Crippen molar-refractivity contribution >= 4 is 0 Å². The van der Waals surface area contributed by atoms with Gasteiger partial charge in [-0.3, -0.25) is 0 Å². The van der Waals surface area contributed by atoms with E-state index in [0.29, 0.717) is 17.9 Å². The van der Waals surface area contributed by atoms with Gasteiger partial charge in [0.25, 0.3) is 0 Å². The molecule has 4 rings (SSSR count). The van der Waals surface area contributed by atoms with Crippen LogP contribution in [0.4, 0.5) is 13.2 Å². The second-order valence-corrected chi connectivity index (χ2v) is 8.29. The number of nitrogens with zero attached hydrogens (tertiary/aromatic N) is 1. The zero-order valence-electron chi connectivity index (χ0n) is 16.1. The van der Waals surface area contributed by atoms with Gasteiger partial charge in [0, 0.05) is 0 Å². The lowest BCUT2D eigenvalue weighted by Crippen LogP contribution is -2.29. The molecule has 1 fully saturated rings. The highest BCUT2D eigenvalue weighted by Gasteiger charge is 2.37. The van der Waals surface area contributed by atoms with Crippen molar-refractivity contribution in [1.29, 1.82) is 5.26 Å².